The van der Waals surface area contributed by atoms with Crippen LogP contribution >= 0.6 is 22.6 Å². The molecule has 2 atom stereocenters. The van der Waals surface area contributed by atoms with Crippen molar-refractivity contribution in [2.75, 3.05) is 5.75 Å². The van der Waals surface area contributed by atoms with E-state index in [1.807, 2.05) is 22.6 Å². The molecule has 0 aliphatic heterocycles. The number of rotatable bonds is 4. The minimum Gasteiger partial charge on any atom is -0.391 e. The van der Waals surface area contributed by atoms with Gasteiger partial charge in [-0.3, -0.25) is 0 Å². The van der Waals surface area contributed by atoms with E-state index in [0.29, 0.717) is 0 Å². The number of alkyl halides is 1. The molecule has 0 aromatic heterocycles. The first-order valence-corrected chi connectivity index (χ1v) is 6.99. The van der Waals surface area contributed by atoms with Crippen LogP contribution in [0, 0.1) is 5.92 Å². The van der Waals surface area contributed by atoms with Crippen molar-refractivity contribution < 1.29 is 13.5 Å². The molecule has 1 N–H and O–H groups in total. The number of sulfone groups is 1. The Hall–Kier alpha value is 0.640. The molecule has 3 nitrogen and oxygen atoms in total. The van der Waals surface area contributed by atoms with Gasteiger partial charge in [0.15, 0.2) is 9.84 Å². The van der Waals surface area contributed by atoms with Gasteiger partial charge in [-0.25, -0.2) is 8.42 Å². The second-order valence-corrected chi connectivity index (χ2v) is 7.73. The van der Waals surface area contributed by atoms with Gasteiger partial charge in [0.25, 0.3) is 0 Å². The van der Waals surface area contributed by atoms with E-state index in [1.54, 1.807) is 6.92 Å². The first kappa shape index (κ1) is 10.7. The summed E-state index contributed by atoms with van der Waals surface area (Å²) in [5.74, 6) is 0.345. The van der Waals surface area contributed by atoms with E-state index in [2.05, 4.69) is 0 Å². The molecular weight excluding hydrogens is 291 g/mol. The van der Waals surface area contributed by atoms with Gasteiger partial charge < -0.3 is 5.11 Å². The first-order chi connectivity index (χ1) is 5.49. The van der Waals surface area contributed by atoms with Crippen LogP contribution in [-0.4, -0.2) is 28.6 Å². The predicted octanol–water partition coefficient (Wildman–Crippen LogP) is 0.953. The third-order valence-electron chi connectivity index (χ3n) is 2.12. The third-order valence-corrected chi connectivity index (χ3v) is 6.95. The number of aliphatic hydroxyl groups excluding tert-OH is 1. The van der Waals surface area contributed by atoms with E-state index in [0.717, 1.165) is 12.8 Å². The van der Waals surface area contributed by atoms with Crippen LogP contribution in [0.15, 0.2) is 0 Å². The summed E-state index contributed by atoms with van der Waals surface area (Å²) in [6, 6.07) is 0. The molecule has 1 saturated carbocycles. The van der Waals surface area contributed by atoms with E-state index in [-0.39, 0.29) is 11.7 Å². The monoisotopic (exact) mass is 304 g/mol. The number of halogens is 1. The molecule has 0 heterocycles. The fourth-order valence-electron chi connectivity index (χ4n) is 1.02. The van der Waals surface area contributed by atoms with Crippen LogP contribution in [0.4, 0.5) is 0 Å². The Kier molecular flexibility index (Phi) is 3.39. The van der Waals surface area contributed by atoms with Crippen LogP contribution in [0.3, 0.4) is 0 Å². The maximum Gasteiger partial charge on any atom is 0.164 e. The highest BCUT2D eigenvalue weighted by atomic mass is 127. The maximum absolute atomic E-state index is 11.3. The van der Waals surface area contributed by atoms with Crippen LogP contribution in [0.5, 0.6) is 0 Å². The second-order valence-electron chi connectivity index (χ2n) is 3.13. The average molecular weight is 304 g/mol. The van der Waals surface area contributed by atoms with Crippen molar-refractivity contribution in [2.45, 2.75) is 29.1 Å². The zero-order valence-corrected chi connectivity index (χ0v) is 9.88. The zero-order valence-electron chi connectivity index (χ0n) is 6.90. The molecule has 5 heteroatoms. The zero-order chi connectivity index (χ0) is 9.35. The Morgan fingerprint density at radius 3 is 2.42 bits per heavy atom. The van der Waals surface area contributed by atoms with E-state index in [4.69, 9.17) is 0 Å². The Labute approximate surface area is 86.6 Å². The Bertz CT molecular complexity index is 245. The van der Waals surface area contributed by atoms with Crippen molar-refractivity contribution in [3.05, 3.63) is 0 Å². The van der Waals surface area contributed by atoms with E-state index in [1.165, 1.54) is 0 Å². The quantitative estimate of drug-likeness (QED) is 0.621. The lowest BCUT2D eigenvalue weighted by Gasteiger charge is -2.15. The molecule has 12 heavy (non-hydrogen) atoms. The Morgan fingerprint density at radius 1 is 1.58 bits per heavy atom. The van der Waals surface area contributed by atoms with Crippen molar-refractivity contribution in [3.63, 3.8) is 0 Å². The number of aliphatic hydroxyl groups is 1. The van der Waals surface area contributed by atoms with Gasteiger partial charge in [-0.2, -0.15) is 0 Å². The van der Waals surface area contributed by atoms with Crippen LogP contribution in [0.25, 0.3) is 0 Å². The maximum atomic E-state index is 11.3. The summed E-state index contributed by atoms with van der Waals surface area (Å²) in [4.78, 5) is 0. The number of hydrogen-bond donors (Lipinski definition) is 1. The fourth-order valence-corrected chi connectivity index (χ4v) is 3.65. The fraction of sp³-hybridized carbons (Fsp3) is 1.00. The molecule has 1 aliphatic carbocycles. The van der Waals surface area contributed by atoms with Crippen molar-refractivity contribution in [1.29, 1.82) is 0 Å². The van der Waals surface area contributed by atoms with Gasteiger partial charge >= 0.3 is 0 Å². The van der Waals surface area contributed by atoms with E-state index >= 15 is 0 Å². The van der Waals surface area contributed by atoms with Crippen LogP contribution in [0.1, 0.15) is 19.8 Å². The molecule has 72 valence electrons. The highest BCUT2D eigenvalue weighted by molar-refractivity contribution is 14.1. The predicted molar refractivity (Wildman–Crippen MR) is 56.0 cm³/mol. The molecule has 1 fully saturated rings. The lowest BCUT2D eigenvalue weighted by molar-refractivity contribution is 0.169. The Balaban J connectivity index is 2.62. The average Bonchev–Trinajstić information content (AvgIpc) is 2.84. The van der Waals surface area contributed by atoms with Gasteiger partial charge in [0.05, 0.1) is 6.10 Å². The molecule has 0 amide bonds. The lowest BCUT2D eigenvalue weighted by atomic mass is 10.3. The summed E-state index contributed by atoms with van der Waals surface area (Å²) in [5, 5.41) is 9.54. The van der Waals surface area contributed by atoms with Crippen molar-refractivity contribution in [3.8, 4) is 0 Å². The minimum absolute atomic E-state index is 0.115. The Morgan fingerprint density at radius 2 is 2.08 bits per heavy atom. The van der Waals surface area contributed by atoms with Gasteiger partial charge in [-0.15, -0.1) is 0 Å². The van der Waals surface area contributed by atoms with Gasteiger partial charge in [0.1, 0.15) is 3.26 Å². The van der Waals surface area contributed by atoms with Crippen LogP contribution in [-0.2, 0) is 9.84 Å². The van der Waals surface area contributed by atoms with Crippen molar-refractivity contribution in [2.24, 2.45) is 5.92 Å². The largest absolute Gasteiger partial charge is 0.391 e. The highest BCUT2D eigenvalue weighted by Crippen LogP contribution is 2.37. The summed E-state index contributed by atoms with van der Waals surface area (Å²) < 4.78 is 22.0. The van der Waals surface area contributed by atoms with Crippen molar-refractivity contribution >= 4 is 32.4 Å². The molecule has 0 radical (unpaired) electrons. The summed E-state index contributed by atoms with van der Waals surface area (Å²) in [7, 11) is -3.07. The summed E-state index contributed by atoms with van der Waals surface area (Å²) in [6.07, 6.45) is 1.29. The molecule has 0 spiro atoms. The molecule has 1 aliphatic rings. The smallest absolute Gasteiger partial charge is 0.164 e. The summed E-state index contributed by atoms with van der Waals surface area (Å²) in [5.41, 5.74) is 0. The molecule has 0 aromatic rings. The summed E-state index contributed by atoms with van der Waals surface area (Å²) >= 11 is 1.83. The lowest BCUT2D eigenvalue weighted by Crippen LogP contribution is -2.31. The minimum atomic E-state index is -3.07. The standard InChI is InChI=1S/C7H13IO3S/c1-2-12(10,11)7(8)6(9)5-3-4-5/h5-7,9H,2-4H2,1H3/t6-,7-/m0/s1. The number of hydrogen-bond acceptors (Lipinski definition) is 3. The normalized spacial score (nSPS) is 23.6. The first-order valence-electron chi connectivity index (χ1n) is 4.02. The van der Waals surface area contributed by atoms with Gasteiger partial charge in [-0.1, -0.05) is 29.5 Å². The van der Waals surface area contributed by atoms with Gasteiger partial charge in [0, 0.05) is 5.75 Å². The molecule has 0 saturated heterocycles. The molecule has 1 rings (SSSR count). The topological polar surface area (TPSA) is 54.4 Å². The van der Waals surface area contributed by atoms with E-state index < -0.39 is 19.2 Å². The summed E-state index contributed by atoms with van der Waals surface area (Å²) in [6.45, 7) is 1.61. The molecular formula is C7H13IO3S. The highest BCUT2D eigenvalue weighted by Gasteiger charge is 2.39. The SMILES string of the molecule is CCS(=O)(=O)[C@H](I)[C@@H](O)C1CC1. The molecule has 0 aromatic carbocycles. The van der Waals surface area contributed by atoms with E-state index in [9.17, 15) is 13.5 Å². The third kappa shape index (κ3) is 2.32. The second kappa shape index (κ2) is 3.79. The van der Waals surface area contributed by atoms with Crippen LogP contribution in [0.2, 0.25) is 0 Å². The van der Waals surface area contributed by atoms with Crippen molar-refractivity contribution in [1.82, 2.24) is 0 Å². The molecule has 0 unspecified atom stereocenters. The van der Waals surface area contributed by atoms with Crippen LogP contribution < -0.4 is 0 Å². The molecule has 0 bridgehead atoms. The van der Waals surface area contributed by atoms with Gasteiger partial charge in [0.2, 0.25) is 0 Å². The van der Waals surface area contributed by atoms with Gasteiger partial charge in [-0.05, 0) is 18.8 Å².